The van der Waals surface area contributed by atoms with Gasteiger partial charge in [-0.2, -0.15) is 0 Å². The zero-order chi connectivity index (χ0) is 9.35. The van der Waals surface area contributed by atoms with Crippen molar-refractivity contribution in [1.29, 1.82) is 0 Å². The van der Waals surface area contributed by atoms with Crippen molar-refractivity contribution in [1.82, 2.24) is 0 Å². The van der Waals surface area contributed by atoms with Gasteiger partial charge < -0.3 is 0 Å². The first-order valence-corrected chi connectivity index (χ1v) is 4.72. The van der Waals surface area contributed by atoms with Crippen LogP contribution in [0.4, 0.5) is 0 Å². The van der Waals surface area contributed by atoms with Crippen molar-refractivity contribution in [2.24, 2.45) is 11.3 Å². The molecule has 1 aliphatic carbocycles. The fraction of sp³-hybridized carbons (Fsp3) is 0.727. The monoisotopic (exact) mass is 166 g/mol. The van der Waals surface area contributed by atoms with Crippen LogP contribution in [-0.4, -0.2) is 5.78 Å². The van der Waals surface area contributed by atoms with Gasteiger partial charge in [-0.25, -0.2) is 0 Å². The lowest BCUT2D eigenvalue weighted by Crippen LogP contribution is -2.31. The fourth-order valence-corrected chi connectivity index (χ4v) is 2.01. The predicted molar refractivity (Wildman–Crippen MR) is 50.9 cm³/mol. The minimum absolute atomic E-state index is 0.258. The van der Waals surface area contributed by atoms with Gasteiger partial charge in [0.1, 0.15) is 0 Å². The van der Waals surface area contributed by atoms with Gasteiger partial charge in [0.2, 0.25) is 0 Å². The highest BCUT2D eigenvalue weighted by Crippen LogP contribution is 2.42. The molecule has 0 fully saturated rings. The molecule has 0 heterocycles. The van der Waals surface area contributed by atoms with Crippen molar-refractivity contribution in [3.8, 4) is 0 Å². The lowest BCUT2D eigenvalue weighted by molar-refractivity contribution is -0.117. The van der Waals surface area contributed by atoms with E-state index in [1.165, 1.54) is 5.57 Å². The first-order valence-electron chi connectivity index (χ1n) is 4.72. The molecule has 0 radical (unpaired) electrons. The Labute approximate surface area is 74.9 Å². The van der Waals surface area contributed by atoms with Crippen LogP contribution in [0.1, 0.15) is 40.5 Å². The molecule has 0 bridgehead atoms. The first kappa shape index (κ1) is 9.50. The van der Waals surface area contributed by atoms with Crippen molar-refractivity contribution >= 4 is 5.78 Å². The molecule has 0 aromatic rings. The van der Waals surface area contributed by atoms with Crippen LogP contribution in [0.25, 0.3) is 0 Å². The quantitative estimate of drug-likeness (QED) is 0.585. The molecule has 12 heavy (non-hydrogen) atoms. The third-order valence-electron chi connectivity index (χ3n) is 3.61. The Morgan fingerprint density at radius 1 is 1.67 bits per heavy atom. The molecule has 1 heteroatoms. The molecule has 1 rings (SSSR count). The molecular formula is C11H18O. The number of hydrogen-bond donors (Lipinski definition) is 0. The largest absolute Gasteiger partial charge is 0.295 e. The van der Waals surface area contributed by atoms with E-state index in [9.17, 15) is 4.79 Å². The molecule has 0 amide bonds. The van der Waals surface area contributed by atoms with Crippen molar-refractivity contribution in [3.63, 3.8) is 0 Å². The minimum atomic E-state index is 0.258. The van der Waals surface area contributed by atoms with Crippen LogP contribution in [0.3, 0.4) is 0 Å². The standard InChI is InChI=1S/C11H18O/c1-5-11(4)8(2)6-10(12)7-9(11)3/h6,9H,5,7H2,1-4H3/t9-,11?/m1/s1. The summed E-state index contributed by atoms with van der Waals surface area (Å²) in [6, 6.07) is 0. The number of rotatable bonds is 1. The van der Waals surface area contributed by atoms with Crippen LogP contribution in [0, 0.1) is 11.3 Å². The van der Waals surface area contributed by atoms with Crippen molar-refractivity contribution in [2.45, 2.75) is 40.5 Å². The van der Waals surface area contributed by atoms with Gasteiger partial charge in [-0.3, -0.25) is 4.79 Å². The fourth-order valence-electron chi connectivity index (χ4n) is 2.01. The highest BCUT2D eigenvalue weighted by Gasteiger charge is 2.35. The van der Waals surface area contributed by atoms with E-state index in [0.29, 0.717) is 11.7 Å². The second-order valence-electron chi connectivity index (χ2n) is 4.17. The van der Waals surface area contributed by atoms with E-state index in [0.717, 1.165) is 12.8 Å². The van der Waals surface area contributed by atoms with Gasteiger partial charge >= 0.3 is 0 Å². The van der Waals surface area contributed by atoms with Crippen molar-refractivity contribution < 1.29 is 4.79 Å². The number of carbonyl (C=O) groups is 1. The van der Waals surface area contributed by atoms with E-state index in [-0.39, 0.29) is 5.41 Å². The van der Waals surface area contributed by atoms with Gasteiger partial charge in [-0.1, -0.05) is 26.3 Å². The smallest absolute Gasteiger partial charge is 0.155 e. The molecule has 0 saturated carbocycles. The summed E-state index contributed by atoms with van der Waals surface area (Å²) in [5.41, 5.74) is 1.52. The molecule has 1 unspecified atom stereocenters. The van der Waals surface area contributed by atoms with E-state index in [1.54, 1.807) is 0 Å². The van der Waals surface area contributed by atoms with E-state index >= 15 is 0 Å². The Morgan fingerprint density at radius 3 is 2.67 bits per heavy atom. The summed E-state index contributed by atoms with van der Waals surface area (Å²) < 4.78 is 0. The van der Waals surface area contributed by atoms with Crippen LogP contribution in [0.15, 0.2) is 11.6 Å². The molecule has 0 aromatic carbocycles. The van der Waals surface area contributed by atoms with Crippen molar-refractivity contribution in [2.75, 3.05) is 0 Å². The van der Waals surface area contributed by atoms with Gasteiger partial charge in [0, 0.05) is 6.42 Å². The van der Waals surface area contributed by atoms with Gasteiger partial charge in [0.05, 0.1) is 0 Å². The Bertz CT molecular complexity index is 227. The van der Waals surface area contributed by atoms with E-state index in [4.69, 9.17) is 0 Å². The summed E-state index contributed by atoms with van der Waals surface area (Å²) in [5, 5.41) is 0. The molecule has 0 N–H and O–H groups in total. The summed E-state index contributed by atoms with van der Waals surface area (Å²) in [6.45, 7) is 8.72. The molecule has 1 aliphatic rings. The van der Waals surface area contributed by atoms with Gasteiger partial charge in [-0.05, 0) is 30.8 Å². The zero-order valence-corrected chi connectivity index (χ0v) is 8.48. The normalized spacial score (nSPS) is 36.5. The van der Waals surface area contributed by atoms with Gasteiger partial charge in [-0.15, -0.1) is 0 Å². The average Bonchev–Trinajstić information content (AvgIpc) is 2.00. The van der Waals surface area contributed by atoms with E-state index in [1.807, 2.05) is 6.08 Å². The number of carbonyl (C=O) groups excluding carboxylic acids is 1. The highest BCUT2D eigenvalue weighted by molar-refractivity contribution is 5.91. The molecule has 68 valence electrons. The topological polar surface area (TPSA) is 17.1 Å². The SMILES string of the molecule is CCC1(C)C(C)=CC(=O)C[C@H]1C. The summed E-state index contributed by atoms with van der Waals surface area (Å²) in [4.78, 5) is 11.2. The maximum atomic E-state index is 11.2. The third-order valence-corrected chi connectivity index (χ3v) is 3.61. The Hall–Kier alpha value is -0.590. The summed E-state index contributed by atoms with van der Waals surface area (Å²) in [7, 11) is 0. The van der Waals surface area contributed by atoms with Crippen LogP contribution in [0.5, 0.6) is 0 Å². The molecule has 1 nitrogen and oxygen atoms in total. The Morgan fingerprint density at radius 2 is 2.25 bits per heavy atom. The summed E-state index contributed by atoms with van der Waals surface area (Å²) >= 11 is 0. The highest BCUT2D eigenvalue weighted by atomic mass is 16.1. The van der Waals surface area contributed by atoms with Crippen LogP contribution in [-0.2, 0) is 4.79 Å². The number of hydrogen-bond acceptors (Lipinski definition) is 1. The summed E-state index contributed by atoms with van der Waals surface area (Å²) in [5.74, 6) is 0.797. The lowest BCUT2D eigenvalue weighted by Gasteiger charge is -2.38. The van der Waals surface area contributed by atoms with E-state index < -0.39 is 0 Å². The summed E-state index contributed by atoms with van der Waals surface area (Å²) in [6.07, 6.45) is 3.68. The van der Waals surface area contributed by atoms with E-state index in [2.05, 4.69) is 27.7 Å². The van der Waals surface area contributed by atoms with Crippen molar-refractivity contribution in [3.05, 3.63) is 11.6 Å². The second-order valence-corrected chi connectivity index (χ2v) is 4.17. The van der Waals surface area contributed by atoms with Crippen LogP contribution >= 0.6 is 0 Å². The number of ketones is 1. The first-order chi connectivity index (χ1) is 5.50. The Balaban J connectivity index is 3.01. The Kier molecular flexibility index (Phi) is 2.41. The molecule has 2 atom stereocenters. The molecule has 0 saturated heterocycles. The lowest BCUT2D eigenvalue weighted by atomic mass is 9.66. The van der Waals surface area contributed by atoms with Crippen LogP contribution in [0.2, 0.25) is 0 Å². The van der Waals surface area contributed by atoms with Crippen LogP contribution < -0.4 is 0 Å². The van der Waals surface area contributed by atoms with Gasteiger partial charge in [0.15, 0.2) is 5.78 Å². The predicted octanol–water partition coefficient (Wildman–Crippen LogP) is 2.96. The molecule has 0 aromatic heterocycles. The molecular weight excluding hydrogens is 148 g/mol. The number of allylic oxidation sites excluding steroid dienone is 2. The van der Waals surface area contributed by atoms with Gasteiger partial charge in [0.25, 0.3) is 0 Å². The maximum absolute atomic E-state index is 11.2. The third kappa shape index (κ3) is 1.33. The second kappa shape index (κ2) is 3.04. The molecule has 0 aliphatic heterocycles. The zero-order valence-electron chi connectivity index (χ0n) is 8.48. The maximum Gasteiger partial charge on any atom is 0.155 e. The average molecular weight is 166 g/mol. The molecule has 0 spiro atoms. The minimum Gasteiger partial charge on any atom is -0.295 e.